The standard InChI is InChI=1S/C14H26N4O3S.C11H18BrN3O3.5C10H20.C8H9NO5S.C6H10O2S.2C4H8OS.CH5N.H3NO/c1-3-11(14(15)21)18-5-4-10(7-18)6-17-13(20)9-22-8-12(19)16-2;1-2-8(11(13)18)15-6-7(3-10(15)17)5-14-9(16)4-12;5*1-2-4-6-8-10-9-7-5-3-1;1-5(10)15-4-8(13)14-9-6(11)2-3-7(9)12;1-3-6(8)4-9-5(2)7;2*1-2-4(5)3-6;2*1-2/h10-11H,3-9H2,1-2H3,(H2,15,21)(H,16,19)(H,17,20);7-8H,2-6H2,1H3,(H2,13,18)(H,14,16);5*1-10H2;2-4H2,1H3;3-4H2,1-2H3;2*6H,2-3H2,1H3;2H2,1H3;2H,1H2/t10?,11-;7?,8-;;;;;;;;;;;/m11.........../s1. The van der Waals surface area contributed by atoms with Gasteiger partial charge < -0.3 is 48.1 Å². The minimum Gasteiger partial charge on any atom is -0.368 e. The molecule has 8 aliphatic rings. The maximum Gasteiger partial charge on any atom is 0.343 e. The number of primary amides is 2. The van der Waals surface area contributed by atoms with E-state index in [1.807, 2.05) is 27.7 Å². The minimum atomic E-state index is -0.779. The molecule has 3 saturated heterocycles. The summed E-state index contributed by atoms with van der Waals surface area (Å²) in [4.78, 5) is 161. The van der Waals surface area contributed by atoms with Gasteiger partial charge in [0.25, 0.3) is 11.8 Å². The number of thioether (sulfide) groups is 3. The van der Waals surface area contributed by atoms with Gasteiger partial charge in [0.15, 0.2) is 10.2 Å². The number of ketones is 3. The number of alkyl halides is 1. The van der Waals surface area contributed by atoms with Gasteiger partial charge in [-0.05, 0) is 38.8 Å². The quantitative estimate of drug-likeness (QED) is 0.0176. The molecule has 0 spiro atoms. The van der Waals surface area contributed by atoms with Crippen molar-refractivity contribution < 1.29 is 77.2 Å². The average molecular weight is 2000 g/mol. The molecule has 0 aromatic carbocycles. The van der Waals surface area contributed by atoms with Crippen LogP contribution in [0, 0.1) is 11.8 Å². The predicted octanol–water partition coefficient (Wildman–Crippen LogP) is 20.1. The molecule has 2 unspecified atom stereocenters. The molecule has 26 nitrogen and oxygen atoms in total. The number of nitrogens with zero attached hydrogens (tertiary/aromatic N) is 3. The molecule has 8 fully saturated rings. The summed E-state index contributed by atoms with van der Waals surface area (Å²) >= 11 is 13.7. The van der Waals surface area contributed by atoms with Gasteiger partial charge in [-0.2, -0.15) is 25.3 Å². The van der Waals surface area contributed by atoms with Gasteiger partial charge in [0, 0.05) is 103 Å². The number of halogens is 1. The van der Waals surface area contributed by atoms with Gasteiger partial charge in [-0.1, -0.05) is 395 Å². The van der Waals surface area contributed by atoms with Crippen LogP contribution in [0.4, 0.5) is 0 Å². The molecule has 5 aliphatic carbocycles. The number of thiol groups is 2. The maximum absolute atomic E-state index is 11.8. The summed E-state index contributed by atoms with van der Waals surface area (Å²) in [6, 6.07) is -0.738. The Morgan fingerprint density at radius 1 is 0.415 bits per heavy atom. The number of imide groups is 1. The summed E-state index contributed by atoms with van der Waals surface area (Å²) in [6.07, 6.45) is 79.4. The number of Topliss-reactive ketones (excluding diaryl/α,β-unsaturated/α-hetero) is 3. The van der Waals surface area contributed by atoms with Crippen LogP contribution in [0.15, 0.2) is 0 Å². The molecular formula is C98H187BrN10O16S5. The number of rotatable bonds is 25. The lowest BCUT2D eigenvalue weighted by molar-refractivity contribution is -0.195. The van der Waals surface area contributed by atoms with Gasteiger partial charge in [-0.3, -0.25) is 67.2 Å². The Morgan fingerprint density at radius 3 is 0.954 bits per heavy atom. The van der Waals surface area contributed by atoms with Crippen LogP contribution in [-0.2, 0) is 72.0 Å². The van der Waals surface area contributed by atoms with Crippen LogP contribution in [-0.4, -0.2) is 200 Å². The van der Waals surface area contributed by atoms with Crippen molar-refractivity contribution in [3.05, 3.63) is 0 Å². The molecule has 3 aliphatic heterocycles. The van der Waals surface area contributed by atoms with Crippen LogP contribution >= 0.6 is 76.5 Å². The SMILES string of the molecule is C1CCCCCCCCC1.C1CCCCCCCCC1.C1CCCCCCCCC1.C1CCCCCCCCC1.C1CCCCCCCCC1.CC(=O)SCC(=O)ON1C(=O)CCC1=O.CCC(=O)CS.CCC(=O)CS.CCC(=O)CSC(C)=O.CC[C@H](C(N)=O)N1CC(CNC(=O)CBr)CC1=O.CC[C@H](C(N)=O)N1CCC(CNC(=O)CSCC(=O)NC)C1.CN.NO. The van der Waals surface area contributed by atoms with Crippen molar-refractivity contribution in [1.29, 1.82) is 0 Å². The van der Waals surface area contributed by atoms with E-state index in [2.05, 4.69) is 78.5 Å². The molecule has 0 bridgehead atoms. The number of likely N-dealkylation sites (tertiary alicyclic amines) is 2. The molecule has 5 saturated carbocycles. The average Bonchev–Trinajstić information content (AvgIpc) is 1.70. The van der Waals surface area contributed by atoms with E-state index < -0.39 is 29.7 Å². The molecule has 130 heavy (non-hydrogen) atoms. The third-order valence-electron chi connectivity index (χ3n) is 22.9. The zero-order valence-electron chi connectivity index (χ0n) is 82.7. The highest BCUT2D eigenvalue weighted by Gasteiger charge is 2.37. The van der Waals surface area contributed by atoms with E-state index in [-0.39, 0.29) is 105 Å². The van der Waals surface area contributed by atoms with E-state index in [1.54, 1.807) is 14.0 Å². The van der Waals surface area contributed by atoms with Gasteiger partial charge in [-0.25, -0.2) is 10.7 Å². The molecule has 8 rings (SSSR count). The molecule has 4 atom stereocenters. The van der Waals surface area contributed by atoms with Crippen LogP contribution in [0.3, 0.4) is 0 Å². The Bertz CT molecular complexity index is 2520. The van der Waals surface area contributed by atoms with Crippen molar-refractivity contribution in [3.63, 3.8) is 0 Å². The summed E-state index contributed by atoms with van der Waals surface area (Å²) in [5.74, 6) is 3.01. The van der Waals surface area contributed by atoms with E-state index in [0.29, 0.717) is 86.4 Å². The fourth-order valence-electron chi connectivity index (χ4n) is 15.0. The van der Waals surface area contributed by atoms with E-state index in [9.17, 15) is 67.1 Å². The molecule has 0 aromatic heterocycles. The van der Waals surface area contributed by atoms with E-state index in [4.69, 9.17) is 16.7 Å². The Balaban J connectivity index is -0.000000447. The van der Waals surface area contributed by atoms with Crippen LogP contribution in [0.25, 0.3) is 0 Å². The molecule has 0 radical (unpaired) electrons. The second kappa shape index (κ2) is 102. The highest BCUT2D eigenvalue weighted by molar-refractivity contribution is 9.09. The van der Waals surface area contributed by atoms with Crippen LogP contribution < -0.4 is 39.0 Å². The lowest BCUT2D eigenvalue weighted by atomic mass is 10.0. The lowest BCUT2D eigenvalue weighted by Gasteiger charge is -2.24. The van der Waals surface area contributed by atoms with Gasteiger partial charge in [0.1, 0.15) is 29.1 Å². The fourth-order valence-corrected chi connectivity index (χ4v) is 17.3. The van der Waals surface area contributed by atoms with E-state index >= 15 is 0 Å². The number of hydroxylamine groups is 2. The van der Waals surface area contributed by atoms with Crippen molar-refractivity contribution in [2.24, 2.45) is 34.9 Å². The van der Waals surface area contributed by atoms with E-state index in [1.165, 1.54) is 359 Å². The first-order valence-electron chi connectivity index (χ1n) is 50.2. The third kappa shape index (κ3) is 90.3. The summed E-state index contributed by atoms with van der Waals surface area (Å²) in [5.41, 5.74) is 15.2. The third-order valence-corrected chi connectivity index (χ3v) is 26.7. The molecule has 3 heterocycles. The Hall–Kier alpha value is -4.15. The van der Waals surface area contributed by atoms with Gasteiger partial charge in [0.05, 0.1) is 28.6 Å². The summed E-state index contributed by atoms with van der Waals surface area (Å²) in [6.45, 7) is 15.2. The summed E-state index contributed by atoms with van der Waals surface area (Å²) in [5, 5.41) is 15.1. The second-order valence-corrected chi connectivity index (χ2v) is 38.6. The number of carbonyl (C=O) groups is 14. The summed E-state index contributed by atoms with van der Waals surface area (Å²) in [7, 11) is 3.07. The highest BCUT2D eigenvalue weighted by Crippen LogP contribution is 2.25. The first-order valence-corrected chi connectivity index (χ1v) is 55.7. The molecule has 8 amide bonds. The highest BCUT2D eigenvalue weighted by atomic mass is 79.9. The molecule has 0 aromatic rings. The van der Waals surface area contributed by atoms with Crippen molar-refractivity contribution >= 4 is 157 Å². The Morgan fingerprint density at radius 2 is 0.700 bits per heavy atom. The molecule has 12 N–H and O–H groups in total. The van der Waals surface area contributed by atoms with Crippen molar-refractivity contribution in [3.8, 4) is 0 Å². The molecule has 32 heteroatoms. The monoisotopic (exact) mass is 2000 g/mol. The van der Waals surface area contributed by atoms with Crippen molar-refractivity contribution in [2.75, 3.05) is 86.7 Å². The number of amides is 8. The molecular weight excluding hydrogens is 1810 g/mol. The maximum atomic E-state index is 11.8. The Labute approximate surface area is 820 Å². The number of nitrogens with two attached hydrogens (primary N) is 4. The van der Waals surface area contributed by atoms with E-state index in [0.717, 1.165) is 43.0 Å². The van der Waals surface area contributed by atoms with Crippen LogP contribution in [0.2, 0.25) is 0 Å². The zero-order valence-corrected chi connectivity index (χ0v) is 88.6. The zero-order chi connectivity index (χ0) is 98.3. The molecule has 762 valence electrons. The van der Waals surface area contributed by atoms with Crippen LogP contribution in [0.5, 0.6) is 0 Å². The lowest BCUT2D eigenvalue weighted by Crippen LogP contribution is -2.45. The number of carbonyl (C=O) groups excluding carboxylic acids is 14. The normalized spacial score (nSPS) is 18.7. The number of nitrogens with one attached hydrogen (secondary N) is 3. The van der Waals surface area contributed by atoms with Crippen molar-refractivity contribution in [2.45, 2.75) is 439 Å². The van der Waals surface area contributed by atoms with Crippen molar-refractivity contribution in [1.82, 2.24) is 30.8 Å². The number of hydrogen-bond acceptors (Lipinski definition) is 24. The minimum absolute atomic E-state index is 0.0109. The largest absolute Gasteiger partial charge is 0.368 e. The Kier molecular flexibility index (Phi) is 106. The fraction of sp³-hybridized carbons (Fsp3) is 0.857. The smallest absolute Gasteiger partial charge is 0.343 e. The second-order valence-electron chi connectivity index (χ2n) is 34.1. The first-order chi connectivity index (χ1) is 62.7. The summed E-state index contributed by atoms with van der Waals surface area (Å²) < 4.78 is 0. The number of hydrogen-bond donors (Lipinski definition) is 10. The van der Waals surface area contributed by atoms with Gasteiger partial charge in [-0.15, -0.1) is 16.8 Å². The van der Waals surface area contributed by atoms with Gasteiger partial charge >= 0.3 is 5.97 Å². The topological polar surface area (TPSA) is 418 Å². The van der Waals surface area contributed by atoms with Gasteiger partial charge in [0.2, 0.25) is 35.4 Å². The first kappa shape index (κ1) is 134. The predicted molar refractivity (Wildman–Crippen MR) is 551 cm³/mol. The van der Waals surface area contributed by atoms with Crippen LogP contribution in [0.1, 0.15) is 427 Å².